The Morgan fingerprint density at radius 1 is 1.12 bits per heavy atom. The monoisotopic (exact) mass is 382 g/mol. The van der Waals surface area contributed by atoms with Crippen LogP contribution in [0.5, 0.6) is 5.75 Å². The molecule has 0 bridgehead atoms. The number of nitrogens with zero attached hydrogens (tertiary/aromatic N) is 1. The van der Waals surface area contributed by atoms with E-state index in [0.717, 1.165) is 6.26 Å². The summed E-state index contributed by atoms with van der Waals surface area (Å²) in [6.45, 7) is 0.0323. The maximum absolute atomic E-state index is 12.1. The molecular weight excluding hydrogens is 364 g/mol. The van der Waals surface area contributed by atoms with Crippen molar-refractivity contribution >= 4 is 38.9 Å². The first-order chi connectivity index (χ1) is 11.8. The summed E-state index contributed by atoms with van der Waals surface area (Å²) in [5.41, 5.74) is 1.08. The third-order valence-corrected chi connectivity index (χ3v) is 4.88. The van der Waals surface area contributed by atoms with Gasteiger partial charge in [-0.3, -0.25) is 9.10 Å². The summed E-state index contributed by atoms with van der Waals surface area (Å²) in [5, 5.41) is 3.28. The lowest BCUT2D eigenvalue weighted by atomic mass is 10.3. The van der Waals surface area contributed by atoms with Crippen LogP contribution >= 0.6 is 11.6 Å². The molecule has 0 atom stereocenters. The Labute approximate surface area is 152 Å². The van der Waals surface area contributed by atoms with Crippen LogP contribution in [0.3, 0.4) is 0 Å². The van der Waals surface area contributed by atoms with E-state index in [1.165, 1.54) is 11.4 Å². The average Bonchev–Trinajstić information content (AvgIpc) is 2.56. The Morgan fingerprint density at radius 2 is 1.72 bits per heavy atom. The van der Waals surface area contributed by atoms with E-state index >= 15 is 0 Å². The topological polar surface area (TPSA) is 75.7 Å². The van der Waals surface area contributed by atoms with Gasteiger partial charge in [-0.1, -0.05) is 11.6 Å². The summed E-state index contributed by atoms with van der Waals surface area (Å²) in [7, 11) is -1.98. The summed E-state index contributed by atoms with van der Waals surface area (Å²) in [4.78, 5) is 12.1. The van der Waals surface area contributed by atoms with Crippen molar-refractivity contribution in [3.63, 3.8) is 0 Å². The van der Waals surface area contributed by atoms with Crippen LogP contribution in [-0.4, -0.2) is 34.2 Å². The maximum Gasteiger partial charge on any atom is 0.232 e. The van der Waals surface area contributed by atoms with E-state index in [1.54, 1.807) is 48.5 Å². The minimum Gasteiger partial charge on any atom is -0.497 e. The van der Waals surface area contributed by atoms with E-state index in [9.17, 15) is 13.2 Å². The van der Waals surface area contributed by atoms with Gasteiger partial charge in [-0.25, -0.2) is 8.42 Å². The molecule has 1 amide bonds. The van der Waals surface area contributed by atoms with Crippen molar-refractivity contribution in [3.8, 4) is 5.75 Å². The van der Waals surface area contributed by atoms with E-state index in [2.05, 4.69) is 5.32 Å². The molecule has 0 aromatic heterocycles. The predicted molar refractivity (Wildman–Crippen MR) is 99.9 cm³/mol. The quantitative estimate of drug-likeness (QED) is 0.798. The number of sulfonamides is 1. The number of ether oxygens (including phenoxy) is 1. The minimum absolute atomic E-state index is 0.0156. The van der Waals surface area contributed by atoms with Crippen molar-refractivity contribution in [2.24, 2.45) is 0 Å². The highest BCUT2D eigenvalue weighted by Gasteiger charge is 2.18. The fourth-order valence-corrected chi connectivity index (χ4v) is 3.25. The maximum atomic E-state index is 12.1. The van der Waals surface area contributed by atoms with Crippen LogP contribution in [0.25, 0.3) is 0 Å². The molecule has 0 radical (unpaired) electrons. The van der Waals surface area contributed by atoms with Gasteiger partial charge in [0.2, 0.25) is 15.9 Å². The number of carbonyl (C=O) groups is 1. The number of hydrogen-bond acceptors (Lipinski definition) is 4. The normalized spacial score (nSPS) is 11.0. The third-order valence-electron chi connectivity index (χ3n) is 3.43. The molecule has 8 heteroatoms. The summed E-state index contributed by atoms with van der Waals surface area (Å²) < 4.78 is 30.3. The number of halogens is 1. The smallest absolute Gasteiger partial charge is 0.232 e. The fourth-order valence-electron chi connectivity index (χ4n) is 2.19. The molecule has 0 aliphatic carbocycles. The Bertz CT molecular complexity index is 821. The summed E-state index contributed by atoms with van der Waals surface area (Å²) in [6, 6.07) is 13.3. The zero-order chi connectivity index (χ0) is 18.4. The number of rotatable bonds is 7. The number of carbonyl (C=O) groups excluding carboxylic acids is 1. The van der Waals surface area contributed by atoms with Gasteiger partial charge in [-0.05, 0) is 48.5 Å². The van der Waals surface area contributed by atoms with Crippen molar-refractivity contribution in [1.29, 1.82) is 0 Å². The Kier molecular flexibility index (Phi) is 6.27. The summed E-state index contributed by atoms with van der Waals surface area (Å²) in [6.07, 6.45) is 1.12. The van der Waals surface area contributed by atoms with Gasteiger partial charge in [-0.2, -0.15) is 0 Å². The van der Waals surface area contributed by atoms with Crippen LogP contribution in [0.1, 0.15) is 6.42 Å². The van der Waals surface area contributed by atoms with Gasteiger partial charge in [0.1, 0.15) is 5.75 Å². The SMILES string of the molecule is COc1ccc(N(CCC(=O)Nc2ccc(Cl)cc2)S(C)(=O)=O)cc1. The van der Waals surface area contributed by atoms with Crippen LogP contribution < -0.4 is 14.4 Å². The first-order valence-corrected chi connectivity index (χ1v) is 9.69. The molecule has 6 nitrogen and oxygen atoms in total. The van der Waals surface area contributed by atoms with Gasteiger partial charge in [0, 0.05) is 23.7 Å². The Hall–Kier alpha value is -2.25. The Morgan fingerprint density at radius 3 is 2.24 bits per heavy atom. The first-order valence-electron chi connectivity index (χ1n) is 7.47. The Balaban J connectivity index is 2.04. The lowest BCUT2D eigenvalue weighted by molar-refractivity contribution is -0.116. The van der Waals surface area contributed by atoms with E-state index in [4.69, 9.17) is 16.3 Å². The molecule has 0 saturated carbocycles. The first kappa shape index (κ1) is 19.1. The van der Waals surface area contributed by atoms with Crippen molar-refractivity contribution in [1.82, 2.24) is 0 Å². The molecule has 134 valence electrons. The fraction of sp³-hybridized carbons (Fsp3) is 0.235. The number of hydrogen-bond donors (Lipinski definition) is 1. The van der Waals surface area contributed by atoms with E-state index in [1.807, 2.05) is 0 Å². The lowest BCUT2D eigenvalue weighted by Crippen LogP contribution is -2.33. The predicted octanol–water partition coefficient (Wildman–Crippen LogP) is 3.14. The molecule has 0 heterocycles. The number of amides is 1. The molecule has 2 aromatic carbocycles. The number of benzene rings is 2. The molecule has 0 aliphatic heterocycles. The van der Waals surface area contributed by atoms with E-state index in [-0.39, 0.29) is 18.9 Å². The van der Waals surface area contributed by atoms with Crippen molar-refractivity contribution in [2.75, 3.05) is 29.5 Å². The highest BCUT2D eigenvalue weighted by atomic mass is 35.5. The van der Waals surface area contributed by atoms with Gasteiger partial charge in [0.15, 0.2) is 0 Å². The molecule has 1 N–H and O–H groups in total. The summed E-state index contributed by atoms with van der Waals surface area (Å²) >= 11 is 5.80. The third kappa shape index (κ3) is 5.65. The van der Waals surface area contributed by atoms with Crippen LogP contribution in [0.15, 0.2) is 48.5 Å². The molecule has 0 unspecified atom stereocenters. The van der Waals surface area contributed by atoms with Crippen molar-refractivity contribution < 1.29 is 17.9 Å². The van der Waals surface area contributed by atoms with Gasteiger partial charge in [0.25, 0.3) is 0 Å². The number of methoxy groups -OCH3 is 1. The highest BCUT2D eigenvalue weighted by Crippen LogP contribution is 2.22. The highest BCUT2D eigenvalue weighted by molar-refractivity contribution is 7.92. The zero-order valence-electron chi connectivity index (χ0n) is 13.9. The molecule has 0 fully saturated rings. The van der Waals surface area contributed by atoms with Gasteiger partial charge >= 0.3 is 0 Å². The molecular formula is C17H19ClN2O4S. The molecule has 0 saturated heterocycles. The van der Waals surface area contributed by atoms with E-state index in [0.29, 0.717) is 22.1 Å². The van der Waals surface area contributed by atoms with Gasteiger partial charge < -0.3 is 10.1 Å². The van der Waals surface area contributed by atoms with Crippen LogP contribution in [-0.2, 0) is 14.8 Å². The second kappa shape index (κ2) is 8.22. The van der Waals surface area contributed by atoms with Crippen molar-refractivity contribution in [3.05, 3.63) is 53.6 Å². The van der Waals surface area contributed by atoms with Gasteiger partial charge in [0.05, 0.1) is 19.1 Å². The zero-order valence-corrected chi connectivity index (χ0v) is 15.5. The van der Waals surface area contributed by atoms with E-state index < -0.39 is 10.0 Å². The van der Waals surface area contributed by atoms with Crippen LogP contribution in [0, 0.1) is 0 Å². The molecule has 2 aromatic rings. The summed E-state index contributed by atoms with van der Waals surface area (Å²) in [5.74, 6) is 0.335. The number of nitrogens with one attached hydrogen (secondary N) is 1. The molecule has 0 spiro atoms. The second-order valence-corrected chi connectivity index (χ2v) is 7.68. The average molecular weight is 383 g/mol. The molecule has 25 heavy (non-hydrogen) atoms. The molecule has 2 rings (SSSR count). The van der Waals surface area contributed by atoms with Gasteiger partial charge in [-0.15, -0.1) is 0 Å². The largest absolute Gasteiger partial charge is 0.497 e. The standard InChI is InChI=1S/C17H19ClN2O4S/c1-24-16-9-7-15(8-10-16)20(25(2,22)23)12-11-17(21)19-14-5-3-13(18)4-6-14/h3-10H,11-12H2,1-2H3,(H,19,21). The van der Waals surface area contributed by atoms with Crippen LogP contribution in [0.2, 0.25) is 5.02 Å². The second-order valence-electron chi connectivity index (χ2n) is 5.34. The van der Waals surface area contributed by atoms with Crippen molar-refractivity contribution in [2.45, 2.75) is 6.42 Å². The number of anilines is 2. The lowest BCUT2D eigenvalue weighted by Gasteiger charge is -2.22. The minimum atomic E-state index is -3.52. The molecule has 0 aliphatic rings. The van der Waals surface area contributed by atoms with Crippen LogP contribution in [0.4, 0.5) is 11.4 Å².